The van der Waals surface area contributed by atoms with Crippen molar-refractivity contribution < 1.29 is 9.47 Å². The van der Waals surface area contributed by atoms with Gasteiger partial charge < -0.3 is 15.2 Å². The first-order valence-corrected chi connectivity index (χ1v) is 7.23. The molecule has 0 aliphatic heterocycles. The Kier molecular flexibility index (Phi) is 5.17. The van der Waals surface area contributed by atoms with Crippen molar-refractivity contribution in [3.8, 4) is 11.5 Å². The van der Waals surface area contributed by atoms with Gasteiger partial charge in [0.1, 0.15) is 23.1 Å². The molecule has 0 atom stereocenters. The van der Waals surface area contributed by atoms with Gasteiger partial charge in [0.25, 0.3) is 0 Å². The highest BCUT2D eigenvalue weighted by Gasteiger charge is 2.07. The van der Waals surface area contributed by atoms with Crippen LogP contribution in [0.2, 0.25) is 0 Å². The fourth-order valence-corrected chi connectivity index (χ4v) is 2.19. The van der Waals surface area contributed by atoms with E-state index >= 15 is 0 Å². The van der Waals surface area contributed by atoms with Crippen molar-refractivity contribution in [1.29, 1.82) is 0 Å². The average molecular weight is 301 g/mol. The van der Waals surface area contributed by atoms with E-state index in [0.717, 1.165) is 29.0 Å². The molecule has 0 aromatic heterocycles. The highest BCUT2D eigenvalue weighted by Crippen LogP contribution is 2.23. The number of methoxy groups -OCH3 is 1. The Morgan fingerprint density at radius 1 is 1.19 bits per heavy atom. The second kappa shape index (κ2) is 7.09. The fraction of sp³-hybridized carbons (Fsp3) is 0.235. The maximum atomic E-state index is 5.85. The van der Waals surface area contributed by atoms with Crippen LogP contribution in [0.5, 0.6) is 11.5 Å². The molecule has 4 heteroatoms. The van der Waals surface area contributed by atoms with Crippen molar-refractivity contribution in [1.82, 2.24) is 0 Å². The third-order valence-corrected chi connectivity index (χ3v) is 3.50. The number of benzene rings is 2. The van der Waals surface area contributed by atoms with Crippen molar-refractivity contribution in [3.63, 3.8) is 0 Å². The molecule has 110 valence electrons. The average Bonchev–Trinajstić information content (AvgIpc) is 2.52. The summed E-state index contributed by atoms with van der Waals surface area (Å²) in [5.74, 6) is 1.61. The van der Waals surface area contributed by atoms with Gasteiger partial charge in [0.2, 0.25) is 0 Å². The predicted octanol–water partition coefficient (Wildman–Crippen LogP) is 3.47. The molecular formula is C17H19NO2S. The van der Waals surface area contributed by atoms with Gasteiger partial charge in [0.15, 0.2) is 0 Å². The van der Waals surface area contributed by atoms with E-state index in [4.69, 9.17) is 27.4 Å². The number of nitrogens with two attached hydrogens (primary N) is 1. The van der Waals surface area contributed by atoms with Crippen LogP contribution in [-0.2, 0) is 13.0 Å². The number of aryl methyl sites for hydroxylation is 1. The molecule has 0 saturated carbocycles. The van der Waals surface area contributed by atoms with Gasteiger partial charge >= 0.3 is 0 Å². The summed E-state index contributed by atoms with van der Waals surface area (Å²) in [5, 5.41) is 0. The zero-order valence-electron chi connectivity index (χ0n) is 12.3. The first kappa shape index (κ1) is 15.3. The highest BCUT2D eigenvalue weighted by molar-refractivity contribution is 7.80. The summed E-state index contributed by atoms with van der Waals surface area (Å²) < 4.78 is 11.2. The number of hydrogen-bond acceptors (Lipinski definition) is 3. The van der Waals surface area contributed by atoms with Crippen molar-refractivity contribution in [2.75, 3.05) is 7.11 Å². The molecule has 2 aromatic carbocycles. The van der Waals surface area contributed by atoms with Gasteiger partial charge in [0.05, 0.1) is 7.11 Å². The zero-order valence-corrected chi connectivity index (χ0v) is 13.1. The van der Waals surface area contributed by atoms with Gasteiger partial charge in [-0.05, 0) is 42.3 Å². The lowest BCUT2D eigenvalue weighted by molar-refractivity contribution is 0.296. The van der Waals surface area contributed by atoms with E-state index in [0.29, 0.717) is 11.6 Å². The number of rotatable bonds is 6. The molecule has 0 saturated heterocycles. The maximum absolute atomic E-state index is 5.85. The third kappa shape index (κ3) is 3.95. The molecule has 2 rings (SSSR count). The Morgan fingerprint density at radius 3 is 2.67 bits per heavy atom. The monoisotopic (exact) mass is 301 g/mol. The topological polar surface area (TPSA) is 44.5 Å². The number of thiocarbonyl (C=S) groups is 1. The van der Waals surface area contributed by atoms with Crippen LogP contribution in [0.15, 0.2) is 42.5 Å². The quantitative estimate of drug-likeness (QED) is 0.830. The summed E-state index contributed by atoms with van der Waals surface area (Å²) in [6.45, 7) is 2.53. The van der Waals surface area contributed by atoms with Crippen LogP contribution in [0.4, 0.5) is 0 Å². The Morgan fingerprint density at radius 2 is 2.00 bits per heavy atom. The summed E-state index contributed by atoms with van der Waals surface area (Å²) in [7, 11) is 1.64. The summed E-state index contributed by atoms with van der Waals surface area (Å²) in [6.07, 6.45) is 0.984. The lowest BCUT2D eigenvalue weighted by atomic mass is 10.1. The van der Waals surface area contributed by atoms with Crippen LogP contribution in [-0.4, -0.2) is 12.1 Å². The molecular weight excluding hydrogens is 282 g/mol. The smallest absolute Gasteiger partial charge is 0.125 e. The van der Waals surface area contributed by atoms with Gasteiger partial charge in [-0.25, -0.2) is 0 Å². The van der Waals surface area contributed by atoms with Gasteiger partial charge in [-0.1, -0.05) is 31.3 Å². The summed E-state index contributed by atoms with van der Waals surface area (Å²) in [6, 6.07) is 13.7. The molecule has 0 spiro atoms. The Bertz CT molecular complexity index is 640. The minimum Gasteiger partial charge on any atom is -0.496 e. The minimum atomic E-state index is 0.367. The van der Waals surface area contributed by atoms with Crippen LogP contribution < -0.4 is 15.2 Å². The van der Waals surface area contributed by atoms with Gasteiger partial charge in [0, 0.05) is 11.1 Å². The highest BCUT2D eigenvalue weighted by atomic mass is 32.1. The van der Waals surface area contributed by atoms with Crippen LogP contribution in [0.1, 0.15) is 23.6 Å². The molecule has 3 nitrogen and oxygen atoms in total. The fourth-order valence-electron chi connectivity index (χ4n) is 2.06. The molecule has 21 heavy (non-hydrogen) atoms. The Balaban J connectivity index is 2.17. The van der Waals surface area contributed by atoms with Crippen molar-refractivity contribution >= 4 is 17.2 Å². The van der Waals surface area contributed by atoms with Crippen LogP contribution in [0.25, 0.3) is 0 Å². The van der Waals surface area contributed by atoms with E-state index in [1.807, 2.05) is 36.4 Å². The summed E-state index contributed by atoms with van der Waals surface area (Å²) >= 11 is 5.01. The third-order valence-electron chi connectivity index (χ3n) is 3.27. The molecule has 0 aliphatic carbocycles. The van der Waals surface area contributed by atoms with E-state index in [-0.39, 0.29) is 0 Å². The van der Waals surface area contributed by atoms with Gasteiger partial charge in [-0.3, -0.25) is 0 Å². The van der Waals surface area contributed by atoms with Crippen molar-refractivity contribution in [3.05, 3.63) is 59.2 Å². The molecule has 0 heterocycles. The molecule has 0 amide bonds. The van der Waals surface area contributed by atoms with Crippen LogP contribution in [0, 0.1) is 0 Å². The summed E-state index contributed by atoms with van der Waals surface area (Å²) in [4.78, 5) is 0.367. The second-order valence-electron chi connectivity index (χ2n) is 4.68. The lowest BCUT2D eigenvalue weighted by Gasteiger charge is -2.12. The van der Waals surface area contributed by atoms with Crippen LogP contribution in [0.3, 0.4) is 0 Å². The number of ether oxygens (including phenoxy) is 2. The first-order valence-electron chi connectivity index (χ1n) is 6.82. The SMILES string of the molecule is CCc1cccc(OCc2cc(C(N)=S)ccc2OC)c1. The van der Waals surface area contributed by atoms with Gasteiger partial charge in [-0.15, -0.1) is 0 Å². The molecule has 0 fully saturated rings. The molecule has 2 aromatic rings. The molecule has 0 aliphatic rings. The lowest BCUT2D eigenvalue weighted by Crippen LogP contribution is -2.10. The van der Waals surface area contributed by atoms with E-state index in [9.17, 15) is 0 Å². The van der Waals surface area contributed by atoms with E-state index in [2.05, 4.69) is 13.0 Å². The number of hydrogen-bond donors (Lipinski definition) is 1. The standard InChI is InChI=1S/C17H19NO2S/c1-3-12-5-4-6-15(9-12)20-11-14-10-13(17(18)21)7-8-16(14)19-2/h4-10H,3,11H2,1-2H3,(H2,18,21). The summed E-state index contributed by atoms with van der Waals surface area (Å²) in [5.41, 5.74) is 8.65. The minimum absolute atomic E-state index is 0.367. The largest absolute Gasteiger partial charge is 0.496 e. The maximum Gasteiger partial charge on any atom is 0.125 e. The molecule has 2 N–H and O–H groups in total. The Labute approximate surface area is 130 Å². The molecule has 0 unspecified atom stereocenters. The molecule has 0 radical (unpaired) electrons. The van der Waals surface area contributed by atoms with Gasteiger partial charge in [-0.2, -0.15) is 0 Å². The second-order valence-corrected chi connectivity index (χ2v) is 5.12. The van der Waals surface area contributed by atoms with Crippen molar-refractivity contribution in [2.24, 2.45) is 5.73 Å². The predicted molar refractivity (Wildman–Crippen MR) is 89.0 cm³/mol. The zero-order chi connectivity index (χ0) is 15.2. The normalized spacial score (nSPS) is 10.2. The van der Waals surface area contributed by atoms with E-state index < -0.39 is 0 Å². The van der Waals surface area contributed by atoms with Crippen molar-refractivity contribution in [2.45, 2.75) is 20.0 Å². The first-order chi connectivity index (χ1) is 10.1. The Hall–Kier alpha value is -2.07. The van der Waals surface area contributed by atoms with E-state index in [1.54, 1.807) is 7.11 Å². The van der Waals surface area contributed by atoms with Crippen LogP contribution >= 0.6 is 12.2 Å². The molecule has 0 bridgehead atoms. The van der Waals surface area contributed by atoms with E-state index in [1.165, 1.54) is 5.56 Å².